The van der Waals surface area contributed by atoms with E-state index in [4.69, 9.17) is 10.5 Å². The monoisotopic (exact) mass is 271 g/mol. The fraction of sp³-hybridized carbons (Fsp3) is 0.929. The lowest BCUT2D eigenvalue weighted by Gasteiger charge is -2.28. The standard InChI is InChI=1S/C14H29N3O2/c1-11(2)16-13(14(15)18)6-7-17(3)9-12-5-4-8-19-10-12/h11-13,16H,4-10H2,1-3H3,(H2,15,18). The molecule has 0 radical (unpaired) electrons. The molecular formula is C14H29N3O2. The van der Waals surface area contributed by atoms with Crippen molar-refractivity contribution in [2.24, 2.45) is 11.7 Å². The molecular weight excluding hydrogens is 242 g/mol. The number of amides is 1. The number of rotatable bonds is 8. The predicted molar refractivity (Wildman–Crippen MR) is 76.9 cm³/mol. The molecule has 0 spiro atoms. The van der Waals surface area contributed by atoms with E-state index >= 15 is 0 Å². The van der Waals surface area contributed by atoms with Gasteiger partial charge in [0.2, 0.25) is 5.91 Å². The van der Waals surface area contributed by atoms with Gasteiger partial charge in [-0.15, -0.1) is 0 Å². The Balaban J connectivity index is 2.26. The van der Waals surface area contributed by atoms with Gasteiger partial charge in [-0.3, -0.25) is 4.79 Å². The van der Waals surface area contributed by atoms with Crippen molar-refractivity contribution in [1.82, 2.24) is 10.2 Å². The summed E-state index contributed by atoms with van der Waals surface area (Å²) in [6.07, 6.45) is 3.17. The van der Waals surface area contributed by atoms with Crippen molar-refractivity contribution in [3.8, 4) is 0 Å². The van der Waals surface area contributed by atoms with Crippen LogP contribution in [0.1, 0.15) is 33.1 Å². The van der Waals surface area contributed by atoms with Crippen LogP contribution in [0.2, 0.25) is 0 Å². The molecule has 0 aromatic carbocycles. The van der Waals surface area contributed by atoms with E-state index in [-0.39, 0.29) is 18.0 Å². The number of primary amides is 1. The second-order valence-electron chi connectivity index (χ2n) is 5.91. The molecule has 2 atom stereocenters. The minimum Gasteiger partial charge on any atom is -0.381 e. The summed E-state index contributed by atoms with van der Waals surface area (Å²) in [7, 11) is 2.10. The molecule has 1 aliphatic rings. The van der Waals surface area contributed by atoms with Crippen LogP contribution in [-0.2, 0) is 9.53 Å². The molecule has 1 saturated heterocycles. The predicted octanol–water partition coefficient (Wildman–Crippen LogP) is 0.587. The van der Waals surface area contributed by atoms with E-state index in [2.05, 4.69) is 17.3 Å². The van der Waals surface area contributed by atoms with Crippen molar-refractivity contribution < 1.29 is 9.53 Å². The van der Waals surface area contributed by atoms with Crippen LogP contribution < -0.4 is 11.1 Å². The minimum atomic E-state index is -0.261. The number of hydrogen-bond acceptors (Lipinski definition) is 4. The highest BCUT2D eigenvalue weighted by Crippen LogP contribution is 2.14. The van der Waals surface area contributed by atoms with Gasteiger partial charge in [0, 0.05) is 19.2 Å². The number of carbonyl (C=O) groups is 1. The first-order valence-corrected chi connectivity index (χ1v) is 7.30. The number of hydrogen-bond donors (Lipinski definition) is 2. The first kappa shape index (κ1) is 16.4. The van der Waals surface area contributed by atoms with E-state index in [0.29, 0.717) is 5.92 Å². The molecule has 2 unspecified atom stereocenters. The molecule has 0 saturated carbocycles. The van der Waals surface area contributed by atoms with Gasteiger partial charge in [0.15, 0.2) is 0 Å². The Morgan fingerprint density at radius 3 is 2.79 bits per heavy atom. The van der Waals surface area contributed by atoms with Gasteiger partial charge in [0.05, 0.1) is 12.6 Å². The van der Waals surface area contributed by atoms with Gasteiger partial charge in [-0.05, 0) is 38.8 Å². The van der Waals surface area contributed by atoms with Gasteiger partial charge in [0.25, 0.3) is 0 Å². The largest absolute Gasteiger partial charge is 0.381 e. The van der Waals surface area contributed by atoms with Crippen LogP contribution in [0.5, 0.6) is 0 Å². The Hall–Kier alpha value is -0.650. The normalized spacial score (nSPS) is 21.8. The zero-order valence-corrected chi connectivity index (χ0v) is 12.5. The fourth-order valence-electron chi connectivity index (χ4n) is 2.54. The van der Waals surface area contributed by atoms with E-state index in [0.717, 1.165) is 39.1 Å². The topological polar surface area (TPSA) is 67.6 Å². The average molecular weight is 271 g/mol. The van der Waals surface area contributed by atoms with Crippen LogP contribution in [-0.4, -0.2) is 56.2 Å². The van der Waals surface area contributed by atoms with Crippen molar-refractivity contribution >= 4 is 5.91 Å². The van der Waals surface area contributed by atoms with Gasteiger partial charge >= 0.3 is 0 Å². The van der Waals surface area contributed by atoms with Crippen molar-refractivity contribution in [3.63, 3.8) is 0 Å². The summed E-state index contributed by atoms with van der Waals surface area (Å²) >= 11 is 0. The highest BCUT2D eigenvalue weighted by Gasteiger charge is 2.19. The fourth-order valence-corrected chi connectivity index (χ4v) is 2.54. The highest BCUT2D eigenvalue weighted by molar-refractivity contribution is 5.79. The van der Waals surface area contributed by atoms with Gasteiger partial charge in [-0.1, -0.05) is 13.8 Å². The molecule has 1 amide bonds. The zero-order valence-electron chi connectivity index (χ0n) is 12.5. The number of nitrogens with one attached hydrogen (secondary N) is 1. The van der Waals surface area contributed by atoms with Crippen molar-refractivity contribution in [2.75, 3.05) is 33.4 Å². The smallest absolute Gasteiger partial charge is 0.234 e. The summed E-state index contributed by atoms with van der Waals surface area (Å²) in [5.41, 5.74) is 5.42. The van der Waals surface area contributed by atoms with Gasteiger partial charge < -0.3 is 20.7 Å². The molecule has 1 aliphatic heterocycles. The molecule has 5 nitrogen and oxygen atoms in total. The SMILES string of the molecule is CC(C)NC(CCN(C)CC1CCCOC1)C(N)=O. The second kappa shape index (κ2) is 8.51. The van der Waals surface area contributed by atoms with E-state index < -0.39 is 0 Å². The molecule has 0 aliphatic carbocycles. The van der Waals surface area contributed by atoms with Crippen LogP contribution in [0, 0.1) is 5.92 Å². The van der Waals surface area contributed by atoms with Crippen LogP contribution in [0.15, 0.2) is 0 Å². The number of nitrogens with two attached hydrogens (primary N) is 1. The summed E-state index contributed by atoms with van der Waals surface area (Å²) in [5.74, 6) is 0.368. The van der Waals surface area contributed by atoms with Crippen molar-refractivity contribution in [3.05, 3.63) is 0 Å². The summed E-state index contributed by atoms with van der Waals surface area (Å²) in [5, 5.41) is 3.21. The van der Waals surface area contributed by atoms with Gasteiger partial charge in [0.1, 0.15) is 0 Å². The Morgan fingerprint density at radius 1 is 1.53 bits per heavy atom. The van der Waals surface area contributed by atoms with Gasteiger partial charge in [-0.25, -0.2) is 0 Å². The second-order valence-corrected chi connectivity index (χ2v) is 5.91. The molecule has 0 aromatic heterocycles. The molecule has 5 heteroatoms. The van der Waals surface area contributed by atoms with Crippen LogP contribution >= 0.6 is 0 Å². The lowest BCUT2D eigenvalue weighted by Crippen LogP contribution is -2.46. The maximum atomic E-state index is 11.4. The van der Waals surface area contributed by atoms with Crippen LogP contribution in [0.3, 0.4) is 0 Å². The Labute approximate surface area is 116 Å². The van der Waals surface area contributed by atoms with E-state index in [1.807, 2.05) is 13.8 Å². The number of carbonyl (C=O) groups excluding carboxylic acids is 1. The quantitative estimate of drug-likeness (QED) is 0.678. The van der Waals surface area contributed by atoms with E-state index in [9.17, 15) is 4.79 Å². The van der Waals surface area contributed by atoms with Crippen molar-refractivity contribution in [2.45, 2.75) is 45.2 Å². The molecule has 0 aromatic rings. The zero-order chi connectivity index (χ0) is 14.3. The Morgan fingerprint density at radius 2 is 2.26 bits per heavy atom. The maximum absolute atomic E-state index is 11.4. The first-order chi connectivity index (χ1) is 8.99. The molecule has 19 heavy (non-hydrogen) atoms. The third-order valence-electron chi connectivity index (χ3n) is 3.50. The summed E-state index contributed by atoms with van der Waals surface area (Å²) in [6.45, 7) is 7.74. The van der Waals surface area contributed by atoms with Crippen LogP contribution in [0.4, 0.5) is 0 Å². The van der Waals surface area contributed by atoms with Crippen LogP contribution in [0.25, 0.3) is 0 Å². The summed E-state index contributed by atoms with van der Waals surface area (Å²) < 4.78 is 5.49. The molecule has 3 N–H and O–H groups in total. The lowest BCUT2D eigenvalue weighted by atomic mass is 10.0. The maximum Gasteiger partial charge on any atom is 0.234 e. The van der Waals surface area contributed by atoms with E-state index in [1.165, 1.54) is 6.42 Å². The average Bonchev–Trinajstić information content (AvgIpc) is 2.35. The number of ether oxygens (including phenoxy) is 1. The third-order valence-corrected chi connectivity index (χ3v) is 3.50. The molecule has 0 bridgehead atoms. The lowest BCUT2D eigenvalue weighted by molar-refractivity contribution is -0.120. The third kappa shape index (κ3) is 6.89. The Kier molecular flexibility index (Phi) is 7.34. The first-order valence-electron chi connectivity index (χ1n) is 7.30. The summed E-state index contributed by atoms with van der Waals surface area (Å²) in [4.78, 5) is 13.6. The van der Waals surface area contributed by atoms with E-state index in [1.54, 1.807) is 0 Å². The van der Waals surface area contributed by atoms with Crippen molar-refractivity contribution in [1.29, 1.82) is 0 Å². The minimum absolute atomic E-state index is 0.231. The molecule has 112 valence electrons. The number of nitrogens with zero attached hydrogens (tertiary/aromatic N) is 1. The molecule has 1 fully saturated rings. The van der Waals surface area contributed by atoms with Gasteiger partial charge in [-0.2, -0.15) is 0 Å². The highest BCUT2D eigenvalue weighted by atomic mass is 16.5. The summed E-state index contributed by atoms with van der Waals surface area (Å²) in [6, 6.07) is 0.0413. The molecule has 1 heterocycles. The Bertz CT molecular complexity index is 265. The molecule has 1 rings (SSSR count).